The third-order valence-electron chi connectivity index (χ3n) is 4.05. The summed E-state index contributed by atoms with van der Waals surface area (Å²) in [7, 11) is 3.77. The predicted octanol–water partition coefficient (Wildman–Crippen LogP) is 3.32. The molecule has 1 heterocycles. The summed E-state index contributed by atoms with van der Waals surface area (Å²) in [6.45, 7) is 0. The van der Waals surface area contributed by atoms with Crippen molar-refractivity contribution in [2.45, 2.75) is 44.6 Å². The Morgan fingerprint density at radius 3 is 2.61 bits per heavy atom. The van der Waals surface area contributed by atoms with E-state index >= 15 is 0 Å². The van der Waals surface area contributed by atoms with Crippen molar-refractivity contribution in [2.24, 2.45) is 5.92 Å². The van der Waals surface area contributed by atoms with Crippen LogP contribution in [0.15, 0.2) is 18.5 Å². The van der Waals surface area contributed by atoms with Gasteiger partial charge in [-0.1, -0.05) is 25.7 Å². The molecule has 1 fully saturated rings. The molecule has 1 atom stereocenters. The summed E-state index contributed by atoms with van der Waals surface area (Å²) in [5.74, 6) is 1.62. The van der Waals surface area contributed by atoms with E-state index < -0.39 is 0 Å². The van der Waals surface area contributed by atoms with Gasteiger partial charge in [0.2, 0.25) is 0 Å². The maximum absolute atomic E-state index is 5.45. The van der Waals surface area contributed by atoms with Crippen LogP contribution >= 0.6 is 0 Å². The normalized spacial score (nSPS) is 19.2. The maximum Gasteiger partial charge on any atom is 0.141 e. The summed E-state index contributed by atoms with van der Waals surface area (Å²) in [5, 5.41) is 3.48. The van der Waals surface area contributed by atoms with E-state index in [-0.39, 0.29) is 0 Å². The number of nitrogens with zero attached hydrogens (tertiary/aromatic N) is 1. The molecule has 3 nitrogen and oxygen atoms in total. The van der Waals surface area contributed by atoms with E-state index in [1.165, 1.54) is 44.1 Å². The van der Waals surface area contributed by atoms with Crippen LogP contribution in [0.25, 0.3) is 0 Å². The quantitative estimate of drug-likeness (QED) is 0.830. The molecule has 1 unspecified atom stereocenters. The van der Waals surface area contributed by atoms with Crippen LogP contribution < -0.4 is 10.1 Å². The van der Waals surface area contributed by atoms with Crippen molar-refractivity contribution in [1.29, 1.82) is 0 Å². The summed E-state index contributed by atoms with van der Waals surface area (Å²) in [4.78, 5) is 4.14. The smallest absolute Gasteiger partial charge is 0.141 e. The molecule has 1 saturated carbocycles. The summed E-state index contributed by atoms with van der Waals surface area (Å²) >= 11 is 0. The predicted molar refractivity (Wildman–Crippen MR) is 73.8 cm³/mol. The van der Waals surface area contributed by atoms with Crippen LogP contribution in [0.1, 0.15) is 50.1 Å². The average Bonchev–Trinajstić information content (AvgIpc) is 2.69. The van der Waals surface area contributed by atoms with Gasteiger partial charge in [0.05, 0.1) is 13.3 Å². The van der Waals surface area contributed by atoms with E-state index in [0.29, 0.717) is 12.0 Å². The van der Waals surface area contributed by atoms with Gasteiger partial charge in [-0.05, 0) is 31.9 Å². The molecule has 1 N–H and O–H groups in total. The molecule has 1 aromatic heterocycles. The first-order valence-electron chi connectivity index (χ1n) is 7.02. The minimum atomic E-state index is 0.390. The number of methoxy groups -OCH3 is 1. The second kappa shape index (κ2) is 6.74. The van der Waals surface area contributed by atoms with Crippen molar-refractivity contribution in [3.8, 4) is 5.75 Å². The standard InChI is InChI=1S/C15H24N2O/c1-16-15(12-7-5-3-4-6-8-12)13-9-10-17-11-14(13)18-2/h9-12,15-16H,3-8H2,1-2H3. The Bertz CT molecular complexity index is 359. The van der Waals surface area contributed by atoms with E-state index in [1.54, 1.807) is 7.11 Å². The monoisotopic (exact) mass is 248 g/mol. The van der Waals surface area contributed by atoms with Crippen LogP contribution in [-0.4, -0.2) is 19.1 Å². The van der Waals surface area contributed by atoms with E-state index in [4.69, 9.17) is 4.74 Å². The molecular weight excluding hydrogens is 224 g/mol. The van der Waals surface area contributed by atoms with Gasteiger partial charge in [-0.15, -0.1) is 0 Å². The van der Waals surface area contributed by atoms with Crippen molar-refractivity contribution < 1.29 is 4.74 Å². The Hall–Kier alpha value is -1.09. The lowest BCUT2D eigenvalue weighted by Crippen LogP contribution is -2.25. The van der Waals surface area contributed by atoms with Gasteiger partial charge in [0, 0.05) is 17.8 Å². The fourth-order valence-corrected chi connectivity index (χ4v) is 3.11. The molecule has 2 rings (SSSR count). The van der Waals surface area contributed by atoms with Crippen molar-refractivity contribution in [2.75, 3.05) is 14.2 Å². The van der Waals surface area contributed by atoms with Crippen LogP contribution in [0.5, 0.6) is 5.75 Å². The van der Waals surface area contributed by atoms with Crippen LogP contribution in [0.3, 0.4) is 0 Å². The second-order valence-electron chi connectivity index (χ2n) is 5.14. The molecule has 3 heteroatoms. The van der Waals surface area contributed by atoms with Crippen molar-refractivity contribution in [3.63, 3.8) is 0 Å². The third kappa shape index (κ3) is 3.02. The van der Waals surface area contributed by atoms with Crippen molar-refractivity contribution in [1.82, 2.24) is 10.3 Å². The fraction of sp³-hybridized carbons (Fsp3) is 0.667. The van der Waals surface area contributed by atoms with Crippen LogP contribution in [0, 0.1) is 5.92 Å². The van der Waals surface area contributed by atoms with Gasteiger partial charge >= 0.3 is 0 Å². The summed E-state index contributed by atoms with van der Waals surface area (Å²) < 4.78 is 5.45. The van der Waals surface area contributed by atoms with Gasteiger partial charge in [-0.2, -0.15) is 0 Å². The number of aromatic nitrogens is 1. The van der Waals surface area contributed by atoms with E-state index in [2.05, 4.69) is 23.4 Å². The Morgan fingerprint density at radius 2 is 2.00 bits per heavy atom. The highest BCUT2D eigenvalue weighted by Crippen LogP contribution is 2.36. The molecule has 0 aromatic carbocycles. The zero-order chi connectivity index (χ0) is 12.8. The van der Waals surface area contributed by atoms with Crippen molar-refractivity contribution in [3.05, 3.63) is 24.0 Å². The average molecular weight is 248 g/mol. The fourth-order valence-electron chi connectivity index (χ4n) is 3.11. The molecule has 0 amide bonds. The topological polar surface area (TPSA) is 34.2 Å². The van der Waals surface area contributed by atoms with E-state index in [1.807, 2.05) is 12.4 Å². The first kappa shape index (κ1) is 13.3. The lowest BCUT2D eigenvalue weighted by Gasteiger charge is -2.27. The Kier molecular flexibility index (Phi) is 5.00. The number of hydrogen-bond donors (Lipinski definition) is 1. The molecule has 0 saturated heterocycles. The Labute approximate surface area is 110 Å². The SMILES string of the molecule is CNC(c1ccncc1OC)C1CCCCCC1. The highest BCUT2D eigenvalue weighted by molar-refractivity contribution is 5.33. The first-order valence-corrected chi connectivity index (χ1v) is 7.02. The highest BCUT2D eigenvalue weighted by atomic mass is 16.5. The summed E-state index contributed by atoms with van der Waals surface area (Å²) in [6, 6.07) is 2.48. The molecular formula is C15H24N2O. The van der Waals surface area contributed by atoms with E-state index in [9.17, 15) is 0 Å². The molecule has 0 radical (unpaired) electrons. The van der Waals surface area contributed by atoms with Gasteiger partial charge in [0.25, 0.3) is 0 Å². The first-order chi connectivity index (χ1) is 8.86. The van der Waals surface area contributed by atoms with Gasteiger partial charge in [-0.25, -0.2) is 0 Å². The zero-order valence-electron chi connectivity index (χ0n) is 11.5. The maximum atomic E-state index is 5.45. The number of ether oxygens (including phenoxy) is 1. The Balaban J connectivity index is 2.20. The lowest BCUT2D eigenvalue weighted by molar-refractivity contribution is 0.326. The largest absolute Gasteiger partial charge is 0.495 e. The summed E-state index contributed by atoms with van der Waals surface area (Å²) in [6.07, 6.45) is 11.8. The minimum Gasteiger partial charge on any atom is -0.495 e. The van der Waals surface area contributed by atoms with Gasteiger partial charge in [0.15, 0.2) is 0 Å². The molecule has 1 aliphatic carbocycles. The van der Waals surface area contributed by atoms with Crippen LogP contribution in [0.4, 0.5) is 0 Å². The lowest BCUT2D eigenvalue weighted by atomic mass is 9.87. The number of nitrogens with one attached hydrogen (secondary N) is 1. The van der Waals surface area contributed by atoms with Gasteiger partial charge in [-0.3, -0.25) is 4.98 Å². The molecule has 18 heavy (non-hydrogen) atoms. The van der Waals surface area contributed by atoms with Crippen LogP contribution in [-0.2, 0) is 0 Å². The number of pyridine rings is 1. The second-order valence-corrected chi connectivity index (χ2v) is 5.14. The van der Waals surface area contributed by atoms with Crippen LogP contribution in [0.2, 0.25) is 0 Å². The minimum absolute atomic E-state index is 0.390. The number of hydrogen-bond acceptors (Lipinski definition) is 3. The molecule has 0 aliphatic heterocycles. The third-order valence-corrected chi connectivity index (χ3v) is 4.05. The van der Waals surface area contributed by atoms with Crippen molar-refractivity contribution >= 4 is 0 Å². The van der Waals surface area contributed by atoms with Gasteiger partial charge < -0.3 is 10.1 Å². The molecule has 0 bridgehead atoms. The Morgan fingerprint density at radius 1 is 1.28 bits per heavy atom. The molecule has 100 valence electrons. The highest BCUT2D eigenvalue weighted by Gasteiger charge is 2.25. The zero-order valence-corrected chi connectivity index (χ0v) is 11.5. The van der Waals surface area contributed by atoms with Gasteiger partial charge in [0.1, 0.15) is 5.75 Å². The summed E-state index contributed by atoms with van der Waals surface area (Å²) in [5.41, 5.74) is 1.25. The number of rotatable bonds is 4. The van der Waals surface area contributed by atoms with E-state index in [0.717, 1.165) is 5.75 Å². The molecule has 0 spiro atoms. The molecule has 1 aliphatic rings. The molecule has 1 aromatic rings.